The smallest absolute Gasteiger partial charge is 0.303 e. The van der Waals surface area contributed by atoms with Crippen molar-refractivity contribution in [2.75, 3.05) is 0 Å². The lowest BCUT2D eigenvalue weighted by molar-refractivity contribution is -0.136. The van der Waals surface area contributed by atoms with Gasteiger partial charge in [0.15, 0.2) is 0 Å². The van der Waals surface area contributed by atoms with Crippen molar-refractivity contribution in [2.24, 2.45) is 0 Å². The average Bonchev–Trinajstić information content (AvgIpc) is 3.34. The summed E-state index contributed by atoms with van der Waals surface area (Å²) in [5, 5.41) is 19.7. The van der Waals surface area contributed by atoms with Gasteiger partial charge in [0, 0.05) is 24.3 Å². The van der Waals surface area contributed by atoms with E-state index in [1.54, 1.807) is 24.3 Å². The number of aryl methyl sites for hydroxylation is 1. The lowest BCUT2D eigenvalue weighted by atomic mass is 9.92. The van der Waals surface area contributed by atoms with Crippen molar-refractivity contribution in [3.05, 3.63) is 83.9 Å². The SMILES string of the molecule is O=C(O)CCc1cccc2c1OC1CC(O)C(NS(=O)(=O)c3ccc(Oc4ccccc4)cc3)C21. The number of para-hydroxylation sites is 2. The van der Waals surface area contributed by atoms with Crippen LogP contribution in [0.4, 0.5) is 0 Å². The summed E-state index contributed by atoms with van der Waals surface area (Å²) in [6, 6.07) is 20.0. The van der Waals surface area contributed by atoms with E-state index in [0.717, 1.165) is 11.1 Å². The zero-order chi connectivity index (χ0) is 24.6. The molecule has 182 valence electrons. The number of carboxylic acids is 1. The minimum absolute atomic E-state index is 0.0299. The lowest BCUT2D eigenvalue weighted by Crippen LogP contribution is -2.43. The highest BCUT2D eigenvalue weighted by Crippen LogP contribution is 2.49. The Hall–Kier alpha value is -3.40. The fourth-order valence-corrected chi connectivity index (χ4v) is 6.12. The molecule has 2 aliphatic rings. The molecular formula is C26H25NO7S. The monoisotopic (exact) mass is 495 g/mol. The minimum Gasteiger partial charge on any atom is -0.489 e. The molecule has 8 nitrogen and oxygen atoms in total. The Morgan fingerprint density at radius 3 is 2.43 bits per heavy atom. The van der Waals surface area contributed by atoms with Crippen LogP contribution in [0.25, 0.3) is 0 Å². The molecule has 1 saturated carbocycles. The Morgan fingerprint density at radius 1 is 1.00 bits per heavy atom. The van der Waals surface area contributed by atoms with E-state index in [2.05, 4.69) is 4.72 Å². The van der Waals surface area contributed by atoms with Crippen LogP contribution in [0.1, 0.15) is 29.9 Å². The summed E-state index contributed by atoms with van der Waals surface area (Å²) in [6.45, 7) is 0. The van der Waals surface area contributed by atoms with Crippen LogP contribution in [-0.2, 0) is 21.2 Å². The minimum atomic E-state index is -3.94. The summed E-state index contributed by atoms with van der Waals surface area (Å²) in [6.07, 6.45) is -0.752. The topological polar surface area (TPSA) is 122 Å². The summed E-state index contributed by atoms with van der Waals surface area (Å²) >= 11 is 0. The van der Waals surface area contributed by atoms with Crippen molar-refractivity contribution in [3.63, 3.8) is 0 Å². The van der Waals surface area contributed by atoms with Crippen molar-refractivity contribution in [2.45, 2.75) is 48.3 Å². The molecule has 5 rings (SSSR count). The predicted octanol–water partition coefficient (Wildman–Crippen LogP) is 3.45. The molecule has 3 aromatic carbocycles. The van der Waals surface area contributed by atoms with Gasteiger partial charge in [-0.2, -0.15) is 0 Å². The molecule has 0 bridgehead atoms. The highest BCUT2D eigenvalue weighted by Gasteiger charge is 2.51. The molecule has 0 spiro atoms. The van der Waals surface area contributed by atoms with Crippen molar-refractivity contribution in [3.8, 4) is 17.2 Å². The molecule has 9 heteroatoms. The van der Waals surface area contributed by atoms with Crippen molar-refractivity contribution >= 4 is 16.0 Å². The second-order valence-electron chi connectivity index (χ2n) is 8.75. The van der Waals surface area contributed by atoms with Crippen LogP contribution in [0, 0.1) is 0 Å². The second-order valence-corrected chi connectivity index (χ2v) is 10.5. The molecule has 4 unspecified atom stereocenters. The summed E-state index contributed by atoms with van der Waals surface area (Å²) in [4.78, 5) is 11.1. The number of aliphatic hydroxyl groups is 1. The fraction of sp³-hybridized carbons (Fsp3) is 0.269. The van der Waals surface area contributed by atoms with Crippen LogP contribution >= 0.6 is 0 Å². The third-order valence-electron chi connectivity index (χ3n) is 6.44. The summed E-state index contributed by atoms with van der Waals surface area (Å²) in [5.41, 5.74) is 1.55. The number of fused-ring (bicyclic) bond motifs is 3. The van der Waals surface area contributed by atoms with E-state index in [9.17, 15) is 18.3 Å². The number of aliphatic hydroxyl groups excluding tert-OH is 1. The number of benzene rings is 3. The lowest BCUT2D eigenvalue weighted by Gasteiger charge is -2.22. The Balaban J connectivity index is 1.35. The third-order valence-corrected chi connectivity index (χ3v) is 7.92. The van der Waals surface area contributed by atoms with Crippen molar-refractivity contribution in [1.29, 1.82) is 0 Å². The maximum atomic E-state index is 13.2. The number of aliphatic carboxylic acids is 1. The molecule has 0 aromatic heterocycles. The van der Waals surface area contributed by atoms with Gasteiger partial charge >= 0.3 is 5.97 Å². The first-order valence-electron chi connectivity index (χ1n) is 11.4. The van der Waals surface area contributed by atoms with E-state index in [-0.39, 0.29) is 29.8 Å². The highest BCUT2D eigenvalue weighted by atomic mass is 32.2. The van der Waals surface area contributed by atoms with Gasteiger partial charge in [0.2, 0.25) is 10.0 Å². The van der Waals surface area contributed by atoms with Crippen LogP contribution in [0.5, 0.6) is 17.2 Å². The van der Waals surface area contributed by atoms with E-state index in [4.69, 9.17) is 14.6 Å². The number of ether oxygens (including phenoxy) is 2. The molecular weight excluding hydrogens is 470 g/mol. The first-order chi connectivity index (χ1) is 16.8. The normalized spacial score (nSPS) is 22.8. The largest absolute Gasteiger partial charge is 0.489 e. The van der Waals surface area contributed by atoms with Gasteiger partial charge in [0.1, 0.15) is 23.4 Å². The number of carbonyl (C=O) groups is 1. The predicted molar refractivity (Wildman–Crippen MR) is 127 cm³/mol. The third kappa shape index (κ3) is 4.75. The Labute approximate surface area is 203 Å². The van der Waals surface area contributed by atoms with Crippen molar-refractivity contribution in [1.82, 2.24) is 4.72 Å². The molecule has 3 N–H and O–H groups in total. The Kier molecular flexibility index (Phi) is 6.22. The number of hydrogen-bond acceptors (Lipinski definition) is 6. The van der Waals surface area contributed by atoms with Crippen molar-refractivity contribution < 1.29 is 32.9 Å². The molecule has 3 aromatic rings. The molecule has 0 saturated heterocycles. The number of sulfonamides is 1. The number of nitrogens with one attached hydrogen (secondary N) is 1. The zero-order valence-electron chi connectivity index (χ0n) is 18.7. The summed E-state index contributed by atoms with van der Waals surface area (Å²) in [5.74, 6) is 0.469. The molecule has 1 fully saturated rings. The maximum absolute atomic E-state index is 13.2. The van der Waals surface area contributed by atoms with E-state index >= 15 is 0 Å². The van der Waals surface area contributed by atoms with Crippen LogP contribution in [-0.4, -0.2) is 42.8 Å². The molecule has 1 aliphatic heterocycles. The number of carboxylic acid groups (broad SMARTS) is 1. The maximum Gasteiger partial charge on any atom is 0.303 e. The van der Waals surface area contributed by atoms with Crippen LogP contribution in [0.3, 0.4) is 0 Å². The molecule has 1 aliphatic carbocycles. The van der Waals surface area contributed by atoms with Gasteiger partial charge in [0.05, 0.1) is 17.0 Å². The number of hydrogen-bond donors (Lipinski definition) is 3. The molecule has 0 amide bonds. The van der Waals surface area contributed by atoms with Gasteiger partial charge in [0.25, 0.3) is 0 Å². The van der Waals surface area contributed by atoms with Crippen LogP contribution in [0.2, 0.25) is 0 Å². The molecule has 1 heterocycles. The average molecular weight is 496 g/mol. The summed E-state index contributed by atoms with van der Waals surface area (Å²) in [7, 11) is -3.94. The van der Waals surface area contributed by atoms with E-state index in [1.165, 1.54) is 12.1 Å². The zero-order valence-corrected chi connectivity index (χ0v) is 19.5. The fourth-order valence-electron chi connectivity index (χ4n) is 4.83. The molecule has 35 heavy (non-hydrogen) atoms. The highest BCUT2D eigenvalue weighted by molar-refractivity contribution is 7.89. The number of rotatable bonds is 8. The van der Waals surface area contributed by atoms with E-state index < -0.39 is 28.1 Å². The first-order valence-corrected chi connectivity index (χ1v) is 12.8. The van der Waals surface area contributed by atoms with Gasteiger partial charge in [-0.05, 0) is 48.4 Å². The van der Waals surface area contributed by atoms with Crippen LogP contribution in [0.15, 0.2) is 77.7 Å². The molecule has 0 radical (unpaired) electrons. The molecule has 4 atom stereocenters. The second kappa shape index (κ2) is 9.33. The standard InChI is InChI=1S/C26H25NO7S/c28-21-15-22-24(20-8-4-5-16(26(20)34-22)9-14-23(29)30)25(21)27-35(31,32)19-12-10-18(11-13-19)33-17-6-2-1-3-7-17/h1-8,10-13,21-22,24-25,27-28H,9,14-15H2,(H,29,30). The van der Waals surface area contributed by atoms with Crippen LogP contribution < -0.4 is 14.2 Å². The summed E-state index contributed by atoms with van der Waals surface area (Å²) < 4.78 is 40.9. The van der Waals surface area contributed by atoms with Gasteiger partial charge in [-0.15, -0.1) is 0 Å². The van der Waals surface area contributed by atoms with Gasteiger partial charge in [-0.1, -0.05) is 36.4 Å². The Bertz CT molecular complexity index is 1330. The first kappa shape index (κ1) is 23.3. The Morgan fingerprint density at radius 2 is 1.71 bits per heavy atom. The van der Waals surface area contributed by atoms with E-state index in [0.29, 0.717) is 23.7 Å². The van der Waals surface area contributed by atoms with Gasteiger partial charge in [-0.25, -0.2) is 13.1 Å². The van der Waals surface area contributed by atoms with Gasteiger partial charge < -0.3 is 19.7 Å². The quantitative estimate of drug-likeness (QED) is 0.437. The van der Waals surface area contributed by atoms with Gasteiger partial charge in [-0.3, -0.25) is 4.79 Å². The van der Waals surface area contributed by atoms with E-state index in [1.807, 2.05) is 36.4 Å².